The van der Waals surface area contributed by atoms with E-state index >= 15 is 0 Å². The van der Waals surface area contributed by atoms with Crippen LogP contribution in [-0.2, 0) is 4.74 Å². The number of nitrogens with one attached hydrogen (secondary N) is 1. The van der Waals surface area contributed by atoms with Gasteiger partial charge in [-0.2, -0.15) is 4.98 Å². The van der Waals surface area contributed by atoms with Crippen LogP contribution >= 0.6 is 0 Å². The number of piperidine rings is 1. The fraction of sp³-hybridized carbons (Fsp3) is 0.500. The lowest BCUT2D eigenvalue weighted by molar-refractivity contribution is -0.195. The van der Waals surface area contributed by atoms with Crippen LogP contribution in [0.15, 0.2) is 36.7 Å². The molecule has 1 amide bonds. The fourth-order valence-corrected chi connectivity index (χ4v) is 4.23. The summed E-state index contributed by atoms with van der Waals surface area (Å²) < 4.78 is 6.10. The number of anilines is 2. The molecule has 9 nitrogen and oxygen atoms in total. The van der Waals surface area contributed by atoms with Crippen LogP contribution in [0.5, 0.6) is 0 Å². The Bertz CT molecular complexity index is 872. The smallest absolute Gasteiger partial charge is 0.270 e. The van der Waals surface area contributed by atoms with Crippen molar-refractivity contribution in [2.24, 2.45) is 0 Å². The number of amides is 1. The highest BCUT2D eigenvalue weighted by molar-refractivity contribution is 5.92. The minimum absolute atomic E-state index is 0.296. The van der Waals surface area contributed by atoms with Gasteiger partial charge in [0.1, 0.15) is 17.6 Å². The molecule has 2 saturated heterocycles. The van der Waals surface area contributed by atoms with Gasteiger partial charge < -0.3 is 25.8 Å². The largest absolute Gasteiger partial charge is 0.388 e. The molecule has 2 aromatic heterocycles. The second kappa shape index (κ2) is 7.57. The summed E-state index contributed by atoms with van der Waals surface area (Å²) in [5, 5.41) is 14.3. The van der Waals surface area contributed by atoms with Crippen LogP contribution in [0.4, 0.5) is 11.8 Å². The summed E-state index contributed by atoms with van der Waals surface area (Å²) in [6.45, 7) is 3.59. The van der Waals surface area contributed by atoms with E-state index in [1.807, 2.05) is 11.8 Å². The van der Waals surface area contributed by atoms with Gasteiger partial charge in [-0.1, -0.05) is 6.07 Å². The van der Waals surface area contributed by atoms with Crippen molar-refractivity contribution >= 4 is 17.7 Å². The number of pyridine rings is 1. The van der Waals surface area contributed by atoms with E-state index in [-0.39, 0.29) is 5.91 Å². The van der Waals surface area contributed by atoms with Gasteiger partial charge in [-0.05, 0) is 44.4 Å². The number of hydrogen-bond donors (Lipinski definition) is 3. The van der Waals surface area contributed by atoms with E-state index in [4.69, 9.17) is 10.5 Å². The molecular formula is C20H26N6O3. The van der Waals surface area contributed by atoms with Crippen LogP contribution in [0.1, 0.15) is 36.7 Å². The number of hydrogen-bond acceptors (Lipinski definition) is 8. The molecule has 9 heteroatoms. The number of nitrogen functional groups attached to an aromatic ring is 1. The van der Waals surface area contributed by atoms with Crippen molar-refractivity contribution in [3.05, 3.63) is 42.4 Å². The maximum absolute atomic E-state index is 12.6. The normalized spacial score (nSPS) is 26.3. The van der Waals surface area contributed by atoms with Gasteiger partial charge in [-0.15, -0.1) is 0 Å². The zero-order chi connectivity index (χ0) is 20.5. The molecule has 4 rings (SSSR count). The van der Waals surface area contributed by atoms with Crippen LogP contribution in [0, 0.1) is 0 Å². The van der Waals surface area contributed by atoms with Gasteiger partial charge in [-0.25, -0.2) is 4.98 Å². The van der Waals surface area contributed by atoms with Crippen molar-refractivity contribution in [1.29, 1.82) is 0 Å². The zero-order valence-electron chi connectivity index (χ0n) is 16.4. The molecular weight excluding hydrogens is 372 g/mol. The molecule has 4 N–H and O–H groups in total. The number of aliphatic hydroxyl groups excluding tert-OH is 1. The van der Waals surface area contributed by atoms with E-state index < -0.39 is 17.2 Å². The van der Waals surface area contributed by atoms with E-state index in [0.29, 0.717) is 56.4 Å². The molecule has 2 aliphatic heterocycles. The second-order valence-corrected chi connectivity index (χ2v) is 7.92. The minimum Gasteiger partial charge on any atom is -0.388 e. The van der Waals surface area contributed by atoms with Crippen molar-refractivity contribution < 1.29 is 14.6 Å². The quantitative estimate of drug-likeness (QED) is 0.692. The molecule has 154 valence electrons. The maximum Gasteiger partial charge on any atom is 0.270 e. The summed E-state index contributed by atoms with van der Waals surface area (Å²) in [6.07, 6.45) is 4.09. The van der Waals surface area contributed by atoms with Crippen LogP contribution in [0.3, 0.4) is 0 Å². The Balaban J connectivity index is 1.47. The van der Waals surface area contributed by atoms with E-state index in [9.17, 15) is 9.90 Å². The number of aliphatic hydroxyl groups is 1. The highest BCUT2D eigenvalue weighted by Gasteiger charge is 2.54. The highest BCUT2D eigenvalue weighted by Crippen LogP contribution is 2.40. The standard InChI is InChI=1S/C20H26N6O3/c1-19(25-16(27)14-4-2-3-9-22-14)8-13-29-20(17(19)28)6-11-26(12-7-20)18-23-10-5-15(21)24-18/h2-5,9-10,17,28H,6-8,11-13H2,1H3,(H,25,27)(H2,21,23,24)/t17-,19+/m1/s1. The Kier molecular flexibility index (Phi) is 5.10. The number of ether oxygens (including phenoxy) is 1. The molecule has 1 spiro atoms. The molecule has 2 fully saturated rings. The number of aromatic nitrogens is 3. The number of nitrogens with zero attached hydrogens (tertiary/aromatic N) is 4. The van der Waals surface area contributed by atoms with Crippen LogP contribution in [0.2, 0.25) is 0 Å². The monoisotopic (exact) mass is 398 g/mol. The maximum atomic E-state index is 12.6. The number of carbonyl (C=O) groups excluding carboxylic acids is 1. The Labute approximate surface area is 169 Å². The predicted octanol–water partition coefficient (Wildman–Crippen LogP) is 0.763. The zero-order valence-corrected chi connectivity index (χ0v) is 16.4. The van der Waals surface area contributed by atoms with Gasteiger partial charge in [0.15, 0.2) is 0 Å². The fourth-order valence-electron chi connectivity index (χ4n) is 4.23. The van der Waals surface area contributed by atoms with Gasteiger partial charge in [0, 0.05) is 32.1 Å². The average Bonchev–Trinajstić information content (AvgIpc) is 2.73. The molecule has 0 bridgehead atoms. The SMILES string of the molecule is C[C@]1(NC(=O)c2ccccn2)CCOC2(CCN(c3nccc(N)n3)CC2)[C@@H]1O. The van der Waals surface area contributed by atoms with Crippen molar-refractivity contribution in [2.45, 2.75) is 43.4 Å². The summed E-state index contributed by atoms with van der Waals surface area (Å²) in [5.41, 5.74) is 4.57. The molecule has 0 aliphatic carbocycles. The van der Waals surface area contributed by atoms with Gasteiger partial charge in [0.25, 0.3) is 5.91 Å². The molecule has 2 atom stereocenters. The van der Waals surface area contributed by atoms with Gasteiger partial charge in [-0.3, -0.25) is 9.78 Å². The van der Waals surface area contributed by atoms with E-state index in [2.05, 4.69) is 20.3 Å². The third-order valence-corrected chi connectivity index (χ3v) is 5.97. The second-order valence-electron chi connectivity index (χ2n) is 7.92. The van der Waals surface area contributed by atoms with E-state index in [1.54, 1.807) is 36.7 Å². The minimum atomic E-state index is -0.847. The van der Waals surface area contributed by atoms with Gasteiger partial charge >= 0.3 is 0 Å². The summed E-state index contributed by atoms with van der Waals surface area (Å²) in [6, 6.07) is 6.83. The Morgan fingerprint density at radius 2 is 2.03 bits per heavy atom. The van der Waals surface area contributed by atoms with Crippen molar-refractivity contribution in [3.63, 3.8) is 0 Å². The predicted molar refractivity (Wildman–Crippen MR) is 107 cm³/mol. The van der Waals surface area contributed by atoms with Gasteiger partial charge in [0.2, 0.25) is 5.95 Å². The summed E-state index contributed by atoms with van der Waals surface area (Å²) in [4.78, 5) is 27.3. The van der Waals surface area contributed by atoms with Crippen molar-refractivity contribution in [2.75, 3.05) is 30.3 Å². The van der Waals surface area contributed by atoms with Crippen molar-refractivity contribution in [3.8, 4) is 0 Å². The Hall–Kier alpha value is -2.78. The van der Waals surface area contributed by atoms with Gasteiger partial charge in [0.05, 0.1) is 11.1 Å². The first kappa shape index (κ1) is 19.5. The first-order valence-electron chi connectivity index (χ1n) is 9.81. The number of carbonyl (C=O) groups is 1. The van der Waals surface area contributed by atoms with Crippen LogP contribution < -0.4 is 16.0 Å². The number of rotatable bonds is 3. The molecule has 2 aliphatic rings. The molecule has 0 radical (unpaired) electrons. The first-order valence-corrected chi connectivity index (χ1v) is 9.81. The Morgan fingerprint density at radius 1 is 1.24 bits per heavy atom. The molecule has 4 heterocycles. The summed E-state index contributed by atoms with van der Waals surface area (Å²) in [7, 11) is 0. The average molecular weight is 398 g/mol. The first-order chi connectivity index (χ1) is 13.9. The lowest BCUT2D eigenvalue weighted by Gasteiger charge is -2.53. The summed E-state index contributed by atoms with van der Waals surface area (Å²) in [5.74, 6) is 0.709. The third-order valence-electron chi connectivity index (χ3n) is 5.97. The van der Waals surface area contributed by atoms with E-state index in [0.717, 1.165) is 0 Å². The molecule has 0 saturated carbocycles. The molecule has 0 unspecified atom stereocenters. The Morgan fingerprint density at radius 3 is 2.72 bits per heavy atom. The topological polar surface area (TPSA) is 126 Å². The van der Waals surface area contributed by atoms with E-state index in [1.165, 1.54) is 0 Å². The molecule has 0 aromatic carbocycles. The molecule has 29 heavy (non-hydrogen) atoms. The van der Waals surface area contributed by atoms with Crippen LogP contribution in [0.25, 0.3) is 0 Å². The summed E-state index contributed by atoms with van der Waals surface area (Å²) >= 11 is 0. The number of nitrogens with two attached hydrogens (primary N) is 1. The highest BCUT2D eigenvalue weighted by atomic mass is 16.5. The van der Waals surface area contributed by atoms with Crippen molar-refractivity contribution in [1.82, 2.24) is 20.3 Å². The lowest BCUT2D eigenvalue weighted by Crippen LogP contribution is -2.69. The lowest BCUT2D eigenvalue weighted by atomic mass is 9.73. The molecule has 2 aromatic rings. The van der Waals surface area contributed by atoms with Crippen LogP contribution in [-0.4, -0.2) is 62.9 Å². The third kappa shape index (κ3) is 3.75.